The summed E-state index contributed by atoms with van der Waals surface area (Å²) in [6, 6.07) is 0. The summed E-state index contributed by atoms with van der Waals surface area (Å²) < 4.78 is 9.63. The van der Waals surface area contributed by atoms with Crippen LogP contribution in [0.3, 0.4) is 0 Å². The van der Waals surface area contributed by atoms with Gasteiger partial charge in [-0.2, -0.15) is 0 Å². The Hall–Kier alpha value is -0.210. The van der Waals surface area contributed by atoms with Crippen molar-refractivity contribution in [2.45, 2.75) is 24.4 Å². The third-order valence-electron chi connectivity index (χ3n) is 1.90. The summed E-state index contributed by atoms with van der Waals surface area (Å²) in [5.41, 5.74) is -1.32. The van der Waals surface area contributed by atoms with E-state index in [2.05, 4.69) is 10.4 Å². The fourth-order valence-corrected chi connectivity index (χ4v) is 1.47. The van der Waals surface area contributed by atoms with Crippen molar-refractivity contribution < 1.29 is 24.4 Å². The minimum Gasteiger partial charge on any atom is -0.389 e. The maximum atomic E-state index is 9.45. The van der Waals surface area contributed by atoms with Crippen LogP contribution in [0, 0.1) is 12.3 Å². The highest BCUT2D eigenvalue weighted by molar-refractivity contribution is 7.24. The molecular formula is C7H11O5P. The van der Waals surface area contributed by atoms with Gasteiger partial charge in [0.2, 0.25) is 0 Å². The van der Waals surface area contributed by atoms with Crippen molar-refractivity contribution >= 4 is 9.03 Å². The van der Waals surface area contributed by atoms with Crippen molar-refractivity contribution in [1.82, 2.24) is 0 Å². The van der Waals surface area contributed by atoms with Gasteiger partial charge in [0.15, 0.2) is 20.9 Å². The lowest BCUT2D eigenvalue weighted by Gasteiger charge is -2.24. The van der Waals surface area contributed by atoms with Crippen LogP contribution in [0.5, 0.6) is 0 Å². The van der Waals surface area contributed by atoms with Crippen molar-refractivity contribution in [3.63, 3.8) is 0 Å². The van der Waals surface area contributed by atoms with E-state index in [-0.39, 0.29) is 13.0 Å². The van der Waals surface area contributed by atoms with Gasteiger partial charge in [0, 0.05) is 6.42 Å². The lowest BCUT2D eigenvalue weighted by atomic mass is 9.99. The fraction of sp³-hybridized carbons (Fsp3) is 0.714. The summed E-state index contributed by atoms with van der Waals surface area (Å²) in [6.45, 7) is -0.128. The molecule has 3 N–H and O–H groups in total. The minimum absolute atomic E-state index is 0.0576. The van der Waals surface area contributed by atoms with Crippen molar-refractivity contribution in [2.24, 2.45) is 0 Å². The number of aliphatic hydroxyl groups excluding tert-OH is 2. The van der Waals surface area contributed by atoms with Crippen molar-refractivity contribution in [3.05, 3.63) is 0 Å². The van der Waals surface area contributed by atoms with E-state index < -0.39 is 27.0 Å². The normalized spacial score (nSPS) is 39.8. The molecule has 0 saturated carbocycles. The maximum Gasteiger partial charge on any atom is 0.180 e. The predicted octanol–water partition coefficient (Wildman–Crippen LogP) is -1.02. The fourth-order valence-electron chi connectivity index (χ4n) is 1.19. The van der Waals surface area contributed by atoms with Gasteiger partial charge < -0.3 is 24.4 Å². The highest BCUT2D eigenvalue weighted by Crippen LogP contribution is 2.30. The van der Waals surface area contributed by atoms with E-state index in [1.54, 1.807) is 0 Å². The number of hydrogen-bond donors (Lipinski definition) is 3. The van der Waals surface area contributed by atoms with Crippen LogP contribution in [0.15, 0.2) is 0 Å². The van der Waals surface area contributed by atoms with Gasteiger partial charge in [0.1, 0.15) is 6.10 Å². The van der Waals surface area contributed by atoms with Gasteiger partial charge in [-0.15, -0.1) is 6.42 Å². The first-order valence-corrected chi connectivity index (χ1v) is 4.53. The van der Waals surface area contributed by atoms with Crippen LogP contribution in [0.1, 0.15) is 6.42 Å². The predicted molar refractivity (Wildman–Crippen MR) is 45.8 cm³/mol. The maximum absolute atomic E-state index is 9.45. The lowest BCUT2D eigenvalue weighted by molar-refractivity contribution is -0.135. The second-order valence-electron chi connectivity index (χ2n) is 2.74. The number of aliphatic hydroxyl groups is 2. The first-order valence-electron chi connectivity index (χ1n) is 3.67. The first kappa shape index (κ1) is 10.9. The van der Waals surface area contributed by atoms with E-state index in [0.717, 1.165) is 0 Å². The van der Waals surface area contributed by atoms with Gasteiger partial charge in [-0.05, 0) is 0 Å². The molecule has 0 spiro atoms. The summed E-state index contributed by atoms with van der Waals surface area (Å²) in [5.74, 6) is 2.23. The summed E-state index contributed by atoms with van der Waals surface area (Å²) in [5, 5.41) is 18.5. The molecule has 1 aliphatic rings. The summed E-state index contributed by atoms with van der Waals surface area (Å²) in [4.78, 5) is 8.43. The Morgan fingerprint density at radius 1 is 1.69 bits per heavy atom. The van der Waals surface area contributed by atoms with Crippen LogP contribution in [0.2, 0.25) is 0 Å². The zero-order valence-electron chi connectivity index (χ0n) is 6.80. The van der Waals surface area contributed by atoms with E-state index in [4.69, 9.17) is 21.2 Å². The van der Waals surface area contributed by atoms with Crippen molar-refractivity contribution in [1.29, 1.82) is 0 Å². The largest absolute Gasteiger partial charge is 0.389 e. The Morgan fingerprint density at radius 2 is 2.38 bits per heavy atom. The van der Waals surface area contributed by atoms with Crippen molar-refractivity contribution in [2.75, 3.05) is 6.61 Å². The zero-order valence-corrected chi connectivity index (χ0v) is 7.80. The van der Waals surface area contributed by atoms with Gasteiger partial charge in [-0.25, -0.2) is 0 Å². The molecule has 0 aromatic rings. The van der Waals surface area contributed by atoms with Gasteiger partial charge in [0.05, 0.1) is 6.61 Å². The van der Waals surface area contributed by atoms with Crippen molar-refractivity contribution in [3.8, 4) is 12.3 Å². The summed E-state index contributed by atoms with van der Waals surface area (Å²) >= 11 is 0. The molecular weight excluding hydrogens is 195 g/mol. The lowest BCUT2D eigenvalue weighted by Crippen LogP contribution is -2.42. The second-order valence-corrected chi connectivity index (χ2v) is 3.21. The third kappa shape index (κ3) is 2.18. The molecule has 1 saturated heterocycles. The summed E-state index contributed by atoms with van der Waals surface area (Å²) in [7, 11) is -0.718. The molecule has 0 radical (unpaired) electrons. The van der Waals surface area contributed by atoms with Gasteiger partial charge >= 0.3 is 0 Å². The van der Waals surface area contributed by atoms with Crippen LogP contribution in [0.25, 0.3) is 0 Å². The molecule has 0 aromatic heterocycles. The molecule has 0 amide bonds. The van der Waals surface area contributed by atoms with Crippen LogP contribution < -0.4 is 0 Å². The summed E-state index contributed by atoms with van der Waals surface area (Å²) in [6.07, 6.45) is 3.17. The van der Waals surface area contributed by atoms with E-state index >= 15 is 0 Å². The molecule has 6 heteroatoms. The van der Waals surface area contributed by atoms with Crippen LogP contribution in [-0.4, -0.2) is 39.7 Å². The Kier molecular flexibility index (Phi) is 3.63. The average molecular weight is 206 g/mol. The van der Waals surface area contributed by atoms with E-state index in [1.807, 2.05) is 0 Å². The highest BCUT2D eigenvalue weighted by atomic mass is 31.1. The van der Waals surface area contributed by atoms with Gasteiger partial charge in [-0.3, -0.25) is 0 Å². The Labute approximate surface area is 77.6 Å². The number of terminal acetylenes is 1. The third-order valence-corrected chi connectivity index (χ3v) is 2.18. The molecule has 4 atom stereocenters. The van der Waals surface area contributed by atoms with E-state index in [0.29, 0.717) is 0 Å². The van der Waals surface area contributed by atoms with Gasteiger partial charge in [-0.1, -0.05) is 5.92 Å². The number of hydrogen-bond acceptors (Lipinski definition) is 5. The average Bonchev–Trinajstić information content (AvgIpc) is 2.38. The van der Waals surface area contributed by atoms with E-state index in [1.165, 1.54) is 0 Å². The topological polar surface area (TPSA) is 79.2 Å². The standard InChI is InChI=1S/C7H11O5P/c1-2-7(4-11-13-10)5(8)3-6(9)12-7/h1,5-6,8-10,13H,3-4H2/t5-,6?,7+/m0/s1. The Balaban J connectivity index is 2.64. The van der Waals surface area contributed by atoms with Crippen LogP contribution in [-0.2, 0) is 9.26 Å². The quantitative estimate of drug-likeness (QED) is 0.406. The SMILES string of the molecule is C#C[C@]1(COPO)OC(O)C[C@@H]1O. The first-order chi connectivity index (χ1) is 6.14. The molecule has 1 heterocycles. The molecule has 0 aliphatic carbocycles. The Morgan fingerprint density at radius 3 is 2.77 bits per heavy atom. The number of ether oxygens (including phenoxy) is 1. The second kappa shape index (κ2) is 4.34. The molecule has 1 fully saturated rings. The highest BCUT2D eigenvalue weighted by Gasteiger charge is 2.46. The molecule has 1 rings (SSSR count). The minimum atomic E-state index is -1.32. The molecule has 1 aliphatic heterocycles. The van der Waals surface area contributed by atoms with Gasteiger partial charge in [0.25, 0.3) is 0 Å². The zero-order chi connectivity index (χ0) is 9.90. The molecule has 13 heavy (non-hydrogen) atoms. The smallest absolute Gasteiger partial charge is 0.180 e. The molecule has 0 bridgehead atoms. The monoisotopic (exact) mass is 206 g/mol. The molecule has 2 unspecified atom stereocenters. The Bertz CT molecular complexity index is 215. The van der Waals surface area contributed by atoms with Crippen LogP contribution >= 0.6 is 9.03 Å². The molecule has 74 valence electrons. The van der Waals surface area contributed by atoms with E-state index in [9.17, 15) is 5.11 Å². The van der Waals surface area contributed by atoms with Crippen LogP contribution in [0.4, 0.5) is 0 Å². The number of rotatable bonds is 3. The molecule has 5 nitrogen and oxygen atoms in total. The molecule has 0 aromatic carbocycles.